The standard InChI is InChI=1S/C23H17.K/c1-4-10-18(11-5-1)21-16-22(19-12-6-2-7-13-19)23(17-21)20-14-8-3-9-15-20;/h1-17H;/q-1;+1. The molecule has 0 spiro atoms. The summed E-state index contributed by atoms with van der Waals surface area (Å²) in [7, 11) is 0. The fourth-order valence-electron chi connectivity index (χ4n) is 3.02. The summed E-state index contributed by atoms with van der Waals surface area (Å²) in [5.41, 5.74) is 7.61. The van der Waals surface area contributed by atoms with E-state index in [9.17, 15) is 0 Å². The van der Waals surface area contributed by atoms with Gasteiger partial charge in [-0.2, -0.15) is 0 Å². The smallest absolute Gasteiger partial charge is 0.144 e. The van der Waals surface area contributed by atoms with Gasteiger partial charge in [0.2, 0.25) is 0 Å². The quantitative estimate of drug-likeness (QED) is 0.398. The maximum atomic E-state index is 2.30. The first-order valence-corrected chi connectivity index (χ1v) is 7.89. The molecule has 4 aromatic carbocycles. The molecule has 0 amide bonds. The minimum absolute atomic E-state index is 0. The fraction of sp³-hybridized carbons (Fsp3) is 0. The Kier molecular flexibility index (Phi) is 5.93. The average molecular weight is 332 g/mol. The number of hydrogen-bond donors (Lipinski definition) is 0. The van der Waals surface area contributed by atoms with Crippen molar-refractivity contribution < 1.29 is 51.4 Å². The molecule has 0 aromatic heterocycles. The SMILES string of the molecule is [K+].c1ccc(-c2cc(-c3ccccc3)c(-c3ccccc3)[cH-]2)cc1. The number of benzene rings is 3. The molecule has 0 saturated heterocycles. The molecule has 0 N–H and O–H groups in total. The van der Waals surface area contributed by atoms with E-state index in [0.717, 1.165) is 0 Å². The van der Waals surface area contributed by atoms with E-state index < -0.39 is 0 Å². The van der Waals surface area contributed by atoms with Crippen molar-refractivity contribution in [1.82, 2.24) is 0 Å². The van der Waals surface area contributed by atoms with Crippen LogP contribution in [0.1, 0.15) is 0 Å². The molecule has 0 saturated carbocycles. The first-order chi connectivity index (χ1) is 11.4. The molecule has 0 fully saturated rings. The Hall–Kier alpha value is -1.35. The second kappa shape index (κ2) is 8.15. The molecule has 0 unspecified atom stereocenters. The van der Waals surface area contributed by atoms with Crippen LogP contribution in [-0.2, 0) is 0 Å². The zero-order chi connectivity index (χ0) is 15.5. The van der Waals surface area contributed by atoms with Gasteiger partial charge in [-0.1, -0.05) is 108 Å². The molecule has 0 aliphatic heterocycles. The third-order valence-electron chi connectivity index (χ3n) is 4.17. The van der Waals surface area contributed by atoms with Crippen LogP contribution in [0.2, 0.25) is 0 Å². The van der Waals surface area contributed by atoms with E-state index in [4.69, 9.17) is 0 Å². The van der Waals surface area contributed by atoms with Crippen LogP contribution in [0.25, 0.3) is 33.4 Å². The maximum absolute atomic E-state index is 2.30. The minimum atomic E-state index is 0. The second-order valence-corrected chi connectivity index (χ2v) is 5.67. The molecule has 4 aromatic rings. The van der Waals surface area contributed by atoms with Crippen molar-refractivity contribution in [3.05, 3.63) is 103 Å². The van der Waals surface area contributed by atoms with Gasteiger partial charge in [0, 0.05) is 0 Å². The second-order valence-electron chi connectivity index (χ2n) is 5.67. The van der Waals surface area contributed by atoms with Crippen LogP contribution in [0, 0.1) is 0 Å². The third kappa shape index (κ3) is 3.66. The summed E-state index contributed by atoms with van der Waals surface area (Å²) < 4.78 is 0. The topological polar surface area (TPSA) is 0 Å². The van der Waals surface area contributed by atoms with E-state index in [1.807, 2.05) is 0 Å². The molecule has 24 heavy (non-hydrogen) atoms. The molecule has 0 atom stereocenters. The van der Waals surface area contributed by atoms with Gasteiger partial charge >= 0.3 is 51.4 Å². The van der Waals surface area contributed by atoms with Crippen LogP contribution in [0.3, 0.4) is 0 Å². The zero-order valence-electron chi connectivity index (χ0n) is 13.8. The summed E-state index contributed by atoms with van der Waals surface area (Å²) in [5, 5.41) is 0. The van der Waals surface area contributed by atoms with E-state index >= 15 is 0 Å². The van der Waals surface area contributed by atoms with Crippen molar-refractivity contribution in [1.29, 1.82) is 0 Å². The van der Waals surface area contributed by atoms with Gasteiger partial charge in [0.25, 0.3) is 0 Å². The first kappa shape index (κ1) is 17.5. The van der Waals surface area contributed by atoms with E-state index in [2.05, 4.69) is 103 Å². The largest absolute Gasteiger partial charge is 1.00 e. The number of hydrogen-bond acceptors (Lipinski definition) is 0. The van der Waals surface area contributed by atoms with Crippen molar-refractivity contribution in [2.75, 3.05) is 0 Å². The first-order valence-electron chi connectivity index (χ1n) is 7.89. The van der Waals surface area contributed by atoms with Gasteiger partial charge in [-0.25, -0.2) is 0 Å². The molecule has 0 nitrogen and oxygen atoms in total. The van der Waals surface area contributed by atoms with E-state index in [1.54, 1.807) is 0 Å². The van der Waals surface area contributed by atoms with Gasteiger partial charge in [-0.05, 0) is 0 Å². The van der Waals surface area contributed by atoms with Gasteiger partial charge < -0.3 is 0 Å². The number of rotatable bonds is 3. The Morgan fingerprint density at radius 2 is 0.958 bits per heavy atom. The predicted octanol–water partition coefficient (Wildman–Crippen LogP) is 3.41. The van der Waals surface area contributed by atoms with E-state index in [1.165, 1.54) is 33.4 Å². The van der Waals surface area contributed by atoms with Crippen molar-refractivity contribution in [2.45, 2.75) is 0 Å². The summed E-state index contributed by atoms with van der Waals surface area (Å²) in [6, 6.07) is 36.4. The molecule has 4 rings (SSSR count). The van der Waals surface area contributed by atoms with Crippen molar-refractivity contribution in [3.8, 4) is 33.4 Å². The Bertz CT molecular complexity index is 834. The van der Waals surface area contributed by atoms with E-state index in [-0.39, 0.29) is 51.4 Å². The van der Waals surface area contributed by atoms with Gasteiger partial charge in [-0.15, -0.1) is 28.8 Å². The fourth-order valence-corrected chi connectivity index (χ4v) is 3.02. The molecular formula is C23H17K. The molecule has 0 aliphatic rings. The van der Waals surface area contributed by atoms with Crippen molar-refractivity contribution in [3.63, 3.8) is 0 Å². The van der Waals surface area contributed by atoms with E-state index in [0.29, 0.717) is 0 Å². The zero-order valence-corrected chi connectivity index (χ0v) is 16.9. The Morgan fingerprint density at radius 1 is 0.500 bits per heavy atom. The van der Waals surface area contributed by atoms with Crippen LogP contribution >= 0.6 is 0 Å². The Morgan fingerprint density at radius 3 is 1.50 bits per heavy atom. The molecule has 110 valence electrons. The molecule has 0 aliphatic carbocycles. The molecule has 0 radical (unpaired) electrons. The summed E-state index contributed by atoms with van der Waals surface area (Å²) >= 11 is 0. The Labute approximate surface area is 186 Å². The van der Waals surface area contributed by atoms with Gasteiger partial charge in [0.1, 0.15) is 0 Å². The molecular weight excluding hydrogens is 315 g/mol. The summed E-state index contributed by atoms with van der Waals surface area (Å²) in [6.07, 6.45) is 0. The van der Waals surface area contributed by atoms with Crippen LogP contribution in [-0.4, -0.2) is 0 Å². The predicted molar refractivity (Wildman–Crippen MR) is 98.3 cm³/mol. The third-order valence-corrected chi connectivity index (χ3v) is 4.17. The minimum Gasteiger partial charge on any atom is -0.144 e. The van der Waals surface area contributed by atoms with Crippen molar-refractivity contribution >= 4 is 0 Å². The van der Waals surface area contributed by atoms with Crippen molar-refractivity contribution in [2.24, 2.45) is 0 Å². The van der Waals surface area contributed by atoms with Crippen LogP contribution in [0.15, 0.2) is 103 Å². The summed E-state index contributed by atoms with van der Waals surface area (Å²) in [4.78, 5) is 0. The molecule has 0 heterocycles. The summed E-state index contributed by atoms with van der Waals surface area (Å²) in [6.45, 7) is 0. The van der Waals surface area contributed by atoms with Crippen LogP contribution in [0.5, 0.6) is 0 Å². The molecule has 1 heteroatoms. The monoisotopic (exact) mass is 332 g/mol. The Balaban J connectivity index is 0.00000169. The average Bonchev–Trinajstić information content (AvgIpc) is 3.09. The van der Waals surface area contributed by atoms with Gasteiger partial charge in [-0.3, -0.25) is 0 Å². The van der Waals surface area contributed by atoms with Gasteiger partial charge in [0.15, 0.2) is 0 Å². The maximum Gasteiger partial charge on any atom is 1.00 e. The van der Waals surface area contributed by atoms with Crippen LogP contribution < -0.4 is 51.4 Å². The van der Waals surface area contributed by atoms with Gasteiger partial charge in [0.05, 0.1) is 0 Å². The van der Waals surface area contributed by atoms with Crippen LogP contribution in [0.4, 0.5) is 0 Å². The molecule has 0 bridgehead atoms. The normalized spacial score (nSPS) is 10.2. The summed E-state index contributed by atoms with van der Waals surface area (Å²) in [5.74, 6) is 0.